The van der Waals surface area contributed by atoms with Crippen LogP contribution in [0.15, 0.2) is 40.7 Å². The minimum Gasteiger partial charge on any atom is -0.356 e. The molecule has 3 rings (SSSR count). The average molecular weight is 396 g/mol. The van der Waals surface area contributed by atoms with E-state index < -0.39 is 11.9 Å². The molecule has 4 nitrogen and oxygen atoms in total. The minimum absolute atomic E-state index is 0.0729. The van der Waals surface area contributed by atoms with Crippen LogP contribution in [-0.4, -0.2) is 24.5 Å². The van der Waals surface area contributed by atoms with Crippen LogP contribution in [0, 0.1) is 0 Å². The topological polar surface area (TPSA) is 49.3 Å². The molecule has 0 spiro atoms. The molecule has 146 valence electrons. The third-order valence-corrected chi connectivity index (χ3v) is 5.86. The van der Waals surface area contributed by atoms with Gasteiger partial charge in [-0.3, -0.25) is 4.99 Å². The van der Waals surface area contributed by atoms with Crippen molar-refractivity contribution in [2.24, 2.45) is 4.99 Å². The van der Waals surface area contributed by atoms with Gasteiger partial charge in [-0.1, -0.05) is 43.2 Å². The molecule has 0 atom stereocenters. The van der Waals surface area contributed by atoms with Crippen LogP contribution in [0.4, 0.5) is 13.2 Å². The zero-order valence-electron chi connectivity index (χ0n) is 15.1. The molecule has 1 aromatic carbocycles. The third kappa shape index (κ3) is 4.80. The van der Waals surface area contributed by atoms with Crippen molar-refractivity contribution >= 4 is 17.3 Å². The second kappa shape index (κ2) is 8.29. The van der Waals surface area contributed by atoms with Crippen LogP contribution in [0.25, 0.3) is 0 Å². The van der Waals surface area contributed by atoms with Crippen molar-refractivity contribution in [3.63, 3.8) is 0 Å². The summed E-state index contributed by atoms with van der Waals surface area (Å²) >= 11 is 0.992. The number of rotatable bonds is 5. The lowest BCUT2D eigenvalue weighted by Crippen LogP contribution is -2.44. The van der Waals surface area contributed by atoms with Crippen molar-refractivity contribution in [2.45, 2.75) is 43.8 Å². The highest BCUT2D eigenvalue weighted by atomic mass is 32.1. The Kier molecular flexibility index (Phi) is 6.04. The lowest BCUT2D eigenvalue weighted by Gasteiger charge is -2.30. The molecule has 0 bridgehead atoms. The average Bonchev–Trinajstić information content (AvgIpc) is 3.33. The van der Waals surface area contributed by atoms with Gasteiger partial charge in [0.2, 0.25) is 0 Å². The summed E-state index contributed by atoms with van der Waals surface area (Å²) in [6, 6.07) is 10.5. The van der Waals surface area contributed by atoms with Crippen molar-refractivity contribution in [3.05, 3.63) is 52.0 Å². The van der Waals surface area contributed by atoms with E-state index in [-0.39, 0.29) is 12.0 Å². The summed E-state index contributed by atoms with van der Waals surface area (Å²) in [7, 11) is 1.65. The minimum atomic E-state index is -4.40. The van der Waals surface area contributed by atoms with Crippen LogP contribution in [0.2, 0.25) is 0 Å². The number of hydrogen-bond donors (Lipinski definition) is 2. The van der Waals surface area contributed by atoms with E-state index in [1.54, 1.807) is 7.05 Å². The van der Waals surface area contributed by atoms with Crippen LogP contribution in [-0.2, 0) is 18.1 Å². The fourth-order valence-electron chi connectivity index (χ4n) is 3.57. The number of aliphatic imine (C=N–C) groups is 1. The molecule has 0 saturated heterocycles. The van der Waals surface area contributed by atoms with E-state index in [4.69, 9.17) is 0 Å². The summed E-state index contributed by atoms with van der Waals surface area (Å²) in [5.74, 6) is 0.570. The Morgan fingerprint density at radius 3 is 2.48 bits per heavy atom. The number of guanidine groups is 1. The molecule has 1 aliphatic carbocycles. The number of aromatic nitrogens is 1. The van der Waals surface area contributed by atoms with Crippen molar-refractivity contribution in [2.75, 3.05) is 13.6 Å². The number of thiazole rings is 1. The number of alkyl halides is 3. The fourth-order valence-corrected chi connectivity index (χ4v) is 4.31. The first kappa shape index (κ1) is 19.7. The maximum Gasteiger partial charge on any atom is 0.434 e. The van der Waals surface area contributed by atoms with E-state index >= 15 is 0 Å². The first-order valence-corrected chi connectivity index (χ1v) is 9.83. The van der Waals surface area contributed by atoms with E-state index in [9.17, 15) is 13.2 Å². The number of halogens is 3. The van der Waals surface area contributed by atoms with Gasteiger partial charge in [-0.2, -0.15) is 13.2 Å². The van der Waals surface area contributed by atoms with Gasteiger partial charge in [0.05, 0.1) is 6.54 Å². The maximum absolute atomic E-state index is 12.7. The summed E-state index contributed by atoms with van der Waals surface area (Å²) in [6.07, 6.45) is 0.216. The van der Waals surface area contributed by atoms with Crippen molar-refractivity contribution in [3.8, 4) is 0 Å². The Bertz CT molecular complexity index is 765. The molecule has 27 heavy (non-hydrogen) atoms. The molecule has 0 amide bonds. The molecule has 8 heteroatoms. The molecule has 1 heterocycles. The summed E-state index contributed by atoms with van der Waals surface area (Å²) < 4.78 is 38.0. The molecule has 1 saturated carbocycles. The fraction of sp³-hybridized carbons (Fsp3) is 0.474. The van der Waals surface area contributed by atoms with Crippen molar-refractivity contribution < 1.29 is 13.2 Å². The van der Waals surface area contributed by atoms with Crippen LogP contribution in [0.1, 0.15) is 41.9 Å². The highest BCUT2D eigenvalue weighted by Gasteiger charge is 2.36. The summed E-state index contributed by atoms with van der Waals surface area (Å²) in [5, 5.41) is 7.83. The highest BCUT2D eigenvalue weighted by molar-refractivity contribution is 7.09. The Morgan fingerprint density at radius 1 is 1.19 bits per heavy atom. The summed E-state index contributed by atoms with van der Waals surface area (Å²) in [5.41, 5.74) is 0.546. The van der Waals surface area contributed by atoms with E-state index in [1.165, 1.54) is 18.4 Å². The SMILES string of the molecule is CN=C(NCc1nc(C(F)(F)F)cs1)NCC1(c2ccccc2)CCCC1. The predicted molar refractivity (Wildman–Crippen MR) is 102 cm³/mol. The quantitative estimate of drug-likeness (QED) is 0.584. The summed E-state index contributed by atoms with van der Waals surface area (Å²) in [4.78, 5) is 7.83. The van der Waals surface area contributed by atoms with Gasteiger partial charge in [-0.05, 0) is 18.4 Å². The maximum atomic E-state index is 12.7. The van der Waals surface area contributed by atoms with Gasteiger partial charge < -0.3 is 10.6 Å². The number of nitrogens with zero attached hydrogens (tertiary/aromatic N) is 2. The molecule has 0 aliphatic heterocycles. The van der Waals surface area contributed by atoms with Crippen molar-refractivity contribution in [1.29, 1.82) is 0 Å². The largest absolute Gasteiger partial charge is 0.434 e. The lowest BCUT2D eigenvalue weighted by molar-refractivity contribution is -0.140. The Hall–Kier alpha value is -2.09. The summed E-state index contributed by atoms with van der Waals surface area (Å²) in [6.45, 7) is 0.946. The zero-order valence-corrected chi connectivity index (χ0v) is 16.0. The monoisotopic (exact) mass is 396 g/mol. The lowest BCUT2D eigenvalue weighted by atomic mass is 9.79. The van der Waals surface area contributed by atoms with E-state index in [0.717, 1.165) is 36.1 Å². The third-order valence-electron chi connectivity index (χ3n) is 5.01. The van der Waals surface area contributed by atoms with Crippen LogP contribution >= 0.6 is 11.3 Å². The van der Waals surface area contributed by atoms with Gasteiger partial charge in [-0.15, -0.1) is 11.3 Å². The predicted octanol–water partition coefficient (Wildman–Crippen LogP) is 4.34. The molecule has 2 aromatic rings. The molecule has 1 fully saturated rings. The van der Waals surface area contributed by atoms with Gasteiger partial charge in [0.1, 0.15) is 5.01 Å². The molecule has 1 aliphatic rings. The number of hydrogen-bond acceptors (Lipinski definition) is 3. The zero-order chi connectivity index (χ0) is 19.3. The number of benzene rings is 1. The first-order valence-electron chi connectivity index (χ1n) is 8.95. The molecular formula is C19H23F3N4S. The second-order valence-electron chi connectivity index (χ2n) is 6.76. The molecule has 1 aromatic heterocycles. The molecule has 2 N–H and O–H groups in total. The van der Waals surface area contributed by atoms with Crippen LogP contribution in [0.5, 0.6) is 0 Å². The van der Waals surface area contributed by atoms with Gasteiger partial charge in [0.15, 0.2) is 11.7 Å². The van der Waals surface area contributed by atoms with E-state index in [2.05, 4.69) is 44.9 Å². The second-order valence-corrected chi connectivity index (χ2v) is 7.70. The Morgan fingerprint density at radius 2 is 1.89 bits per heavy atom. The Balaban J connectivity index is 1.59. The highest BCUT2D eigenvalue weighted by Crippen LogP contribution is 2.40. The first-order chi connectivity index (χ1) is 12.9. The van der Waals surface area contributed by atoms with Gasteiger partial charge in [0, 0.05) is 24.4 Å². The normalized spacial score (nSPS) is 17.1. The standard InChI is InChI=1S/C19H23F3N4S/c1-23-17(24-11-16-26-15(12-27-16)19(20,21)22)25-13-18(9-5-6-10-18)14-7-3-2-4-8-14/h2-4,7-8,12H,5-6,9-11,13H2,1H3,(H2,23,24,25). The van der Waals surface area contributed by atoms with Gasteiger partial charge >= 0.3 is 6.18 Å². The molecular weight excluding hydrogens is 373 g/mol. The number of nitrogens with one attached hydrogen (secondary N) is 2. The van der Waals surface area contributed by atoms with Gasteiger partial charge in [0.25, 0.3) is 0 Å². The molecule has 0 radical (unpaired) electrons. The van der Waals surface area contributed by atoms with Crippen molar-refractivity contribution in [1.82, 2.24) is 15.6 Å². The van der Waals surface area contributed by atoms with E-state index in [1.807, 2.05) is 6.07 Å². The van der Waals surface area contributed by atoms with Crippen LogP contribution < -0.4 is 10.6 Å². The van der Waals surface area contributed by atoms with E-state index in [0.29, 0.717) is 11.0 Å². The smallest absolute Gasteiger partial charge is 0.356 e. The Labute approximate surface area is 160 Å². The molecule has 0 unspecified atom stereocenters. The van der Waals surface area contributed by atoms with Gasteiger partial charge in [-0.25, -0.2) is 4.98 Å². The van der Waals surface area contributed by atoms with Crippen LogP contribution in [0.3, 0.4) is 0 Å².